The van der Waals surface area contributed by atoms with E-state index in [2.05, 4.69) is 34.6 Å². The second-order valence-corrected chi connectivity index (χ2v) is 5.94. The lowest BCUT2D eigenvalue weighted by atomic mass is 9.61. The normalized spacial score (nSPS) is 50.3. The molecule has 1 aliphatic heterocycles. The highest BCUT2D eigenvalue weighted by Gasteiger charge is 2.66. The van der Waals surface area contributed by atoms with Crippen molar-refractivity contribution >= 4 is 7.85 Å². The Labute approximate surface area is 89.0 Å². The van der Waals surface area contributed by atoms with Crippen molar-refractivity contribution in [1.82, 2.24) is 0 Å². The largest absolute Gasteiger partial charge is 0.372 e. The minimum absolute atomic E-state index is 0.00111. The molecule has 0 spiro atoms. The third-order valence-electron chi connectivity index (χ3n) is 4.88. The quantitative estimate of drug-likeness (QED) is 0.580. The van der Waals surface area contributed by atoms with Crippen molar-refractivity contribution in [3.63, 3.8) is 0 Å². The van der Waals surface area contributed by atoms with E-state index in [0.717, 1.165) is 6.42 Å². The monoisotopic (exact) mass is 192 g/mol. The lowest BCUT2D eigenvalue weighted by Crippen LogP contribution is -2.47. The highest BCUT2D eigenvalue weighted by atomic mass is 16.5. The molecule has 1 aliphatic carbocycles. The molecular formula is C12H21BO. The first-order valence-corrected chi connectivity index (χ1v) is 5.76. The van der Waals surface area contributed by atoms with E-state index in [9.17, 15) is 0 Å². The molecule has 2 heteroatoms. The van der Waals surface area contributed by atoms with Crippen LogP contribution in [0.3, 0.4) is 0 Å². The molecule has 2 radical (unpaired) electrons. The van der Waals surface area contributed by atoms with E-state index >= 15 is 0 Å². The van der Waals surface area contributed by atoms with Gasteiger partial charge in [-0.1, -0.05) is 26.6 Å². The summed E-state index contributed by atoms with van der Waals surface area (Å²) in [6.45, 7) is 11.4. The van der Waals surface area contributed by atoms with Gasteiger partial charge < -0.3 is 4.74 Å². The maximum Gasteiger partial charge on any atom is 0.0735 e. The number of ether oxygens (including phenoxy) is 1. The molecule has 0 aromatic carbocycles. The van der Waals surface area contributed by atoms with Crippen LogP contribution in [0.2, 0.25) is 5.82 Å². The number of hydrogen-bond acceptors (Lipinski definition) is 1. The van der Waals surface area contributed by atoms with Gasteiger partial charge in [0.2, 0.25) is 0 Å². The van der Waals surface area contributed by atoms with Crippen LogP contribution in [0.25, 0.3) is 0 Å². The van der Waals surface area contributed by atoms with Gasteiger partial charge in [0.1, 0.15) is 0 Å². The van der Waals surface area contributed by atoms with Gasteiger partial charge in [-0.15, -0.1) is 0 Å². The van der Waals surface area contributed by atoms with E-state index in [1.54, 1.807) is 0 Å². The summed E-state index contributed by atoms with van der Waals surface area (Å²) in [5.41, 5.74) is 0.290. The highest BCUT2D eigenvalue weighted by Crippen LogP contribution is 2.66. The van der Waals surface area contributed by atoms with E-state index in [1.807, 2.05) is 0 Å². The first kappa shape index (κ1) is 10.5. The van der Waals surface area contributed by atoms with Crippen molar-refractivity contribution in [2.45, 2.75) is 58.6 Å². The lowest BCUT2D eigenvalue weighted by Gasteiger charge is -2.47. The molecule has 1 heterocycles. The van der Waals surface area contributed by atoms with E-state index in [0.29, 0.717) is 11.8 Å². The highest BCUT2D eigenvalue weighted by molar-refractivity contribution is 6.12. The summed E-state index contributed by atoms with van der Waals surface area (Å²) in [6.07, 6.45) is 1.41. The standard InChI is InChI=1S/C12H21BO/c1-7(2)12-6-9(13)10(8(12)3)14-11(12,4)5/h7-10H,6H2,1-5H3/t8?,9-,10+,12+/m1/s1. The Morgan fingerprint density at radius 1 is 1.36 bits per heavy atom. The summed E-state index contributed by atoms with van der Waals surface area (Å²) in [5, 5.41) is 0. The van der Waals surface area contributed by atoms with Gasteiger partial charge >= 0.3 is 0 Å². The molecule has 2 fully saturated rings. The van der Waals surface area contributed by atoms with Crippen molar-refractivity contribution < 1.29 is 4.74 Å². The van der Waals surface area contributed by atoms with Crippen molar-refractivity contribution in [3.05, 3.63) is 0 Å². The summed E-state index contributed by atoms with van der Waals surface area (Å²) in [6, 6.07) is 0. The molecule has 14 heavy (non-hydrogen) atoms. The van der Waals surface area contributed by atoms with Gasteiger partial charge in [0.05, 0.1) is 19.6 Å². The van der Waals surface area contributed by atoms with Crippen LogP contribution in [-0.4, -0.2) is 19.6 Å². The van der Waals surface area contributed by atoms with Crippen LogP contribution in [0, 0.1) is 17.3 Å². The summed E-state index contributed by atoms with van der Waals surface area (Å²) in [4.78, 5) is 0. The Morgan fingerprint density at radius 2 is 1.93 bits per heavy atom. The zero-order valence-electron chi connectivity index (χ0n) is 10.0. The Balaban J connectivity index is 2.43. The lowest BCUT2D eigenvalue weighted by molar-refractivity contribution is -0.110. The van der Waals surface area contributed by atoms with Crippen LogP contribution in [0.5, 0.6) is 0 Å². The minimum atomic E-state index is 0.00111. The maximum absolute atomic E-state index is 6.13. The molecule has 78 valence electrons. The fourth-order valence-electron chi connectivity index (χ4n) is 4.25. The minimum Gasteiger partial charge on any atom is -0.372 e. The van der Waals surface area contributed by atoms with Crippen molar-refractivity contribution in [1.29, 1.82) is 0 Å². The molecule has 0 N–H and O–H groups in total. The molecule has 0 amide bonds. The smallest absolute Gasteiger partial charge is 0.0735 e. The second kappa shape index (κ2) is 2.78. The fourth-order valence-corrected chi connectivity index (χ4v) is 4.25. The number of fused-ring (bicyclic) bond motifs is 2. The Morgan fingerprint density at radius 3 is 2.21 bits per heavy atom. The van der Waals surface area contributed by atoms with Crippen LogP contribution in [0.4, 0.5) is 0 Å². The summed E-state index contributed by atoms with van der Waals surface area (Å²) in [5.74, 6) is 1.50. The van der Waals surface area contributed by atoms with E-state index < -0.39 is 0 Å². The zero-order chi connectivity index (χ0) is 10.7. The van der Waals surface area contributed by atoms with Crippen LogP contribution in [-0.2, 0) is 4.74 Å². The van der Waals surface area contributed by atoms with Gasteiger partial charge in [0.15, 0.2) is 0 Å². The molecule has 0 aromatic heterocycles. The summed E-state index contributed by atoms with van der Waals surface area (Å²) >= 11 is 0. The Kier molecular flexibility index (Phi) is 2.09. The molecule has 2 bridgehead atoms. The fraction of sp³-hybridized carbons (Fsp3) is 1.00. The molecule has 1 nitrogen and oxygen atoms in total. The van der Waals surface area contributed by atoms with Gasteiger partial charge in [-0.3, -0.25) is 0 Å². The number of hydrogen-bond donors (Lipinski definition) is 0. The Hall–Kier alpha value is 0.0249. The van der Waals surface area contributed by atoms with E-state index in [1.165, 1.54) is 0 Å². The van der Waals surface area contributed by atoms with Gasteiger partial charge in [-0.25, -0.2) is 0 Å². The maximum atomic E-state index is 6.13. The molecule has 1 saturated heterocycles. The van der Waals surface area contributed by atoms with Crippen molar-refractivity contribution in [2.75, 3.05) is 0 Å². The second-order valence-electron chi connectivity index (χ2n) is 5.94. The molecule has 0 aromatic rings. The van der Waals surface area contributed by atoms with E-state index in [4.69, 9.17) is 12.6 Å². The zero-order valence-corrected chi connectivity index (χ0v) is 10.0. The van der Waals surface area contributed by atoms with Crippen LogP contribution in [0.15, 0.2) is 0 Å². The van der Waals surface area contributed by atoms with Gasteiger partial charge in [0, 0.05) is 5.41 Å². The summed E-state index contributed by atoms with van der Waals surface area (Å²) in [7, 11) is 6.13. The van der Waals surface area contributed by atoms with Crippen LogP contribution < -0.4 is 0 Å². The third-order valence-corrected chi connectivity index (χ3v) is 4.88. The Bertz CT molecular complexity index is 249. The van der Waals surface area contributed by atoms with Crippen molar-refractivity contribution in [3.8, 4) is 0 Å². The van der Waals surface area contributed by atoms with Gasteiger partial charge in [0.25, 0.3) is 0 Å². The van der Waals surface area contributed by atoms with Gasteiger partial charge in [-0.05, 0) is 32.1 Å². The molecule has 4 atom stereocenters. The van der Waals surface area contributed by atoms with Crippen molar-refractivity contribution in [2.24, 2.45) is 17.3 Å². The van der Waals surface area contributed by atoms with Crippen LogP contribution >= 0.6 is 0 Å². The SMILES string of the molecule is [B][C@@H]1C[C@]2(C(C)C)C(C)[C@@H]1OC2(C)C. The first-order valence-electron chi connectivity index (χ1n) is 5.76. The molecule has 1 unspecified atom stereocenters. The van der Waals surface area contributed by atoms with E-state index in [-0.39, 0.29) is 22.9 Å². The molecular weight excluding hydrogens is 171 g/mol. The predicted molar refractivity (Wildman–Crippen MR) is 59.5 cm³/mol. The molecule has 2 aliphatic rings. The van der Waals surface area contributed by atoms with Crippen LogP contribution in [0.1, 0.15) is 41.0 Å². The number of rotatable bonds is 1. The molecule has 1 saturated carbocycles. The average molecular weight is 192 g/mol. The predicted octanol–water partition coefficient (Wildman–Crippen LogP) is 2.80. The average Bonchev–Trinajstić information content (AvgIpc) is 2.38. The topological polar surface area (TPSA) is 9.23 Å². The first-order chi connectivity index (χ1) is 6.33. The van der Waals surface area contributed by atoms with Gasteiger partial charge in [-0.2, -0.15) is 0 Å². The summed E-state index contributed by atoms with van der Waals surface area (Å²) < 4.78 is 6.11. The third kappa shape index (κ3) is 0.960. The molecule has 2 rings (SSSR count).